The fourth-order valence-electron chi connectivity index (χ4n) is 1.17. The maximum Gasteiger partial charge on any atom is 0.0492 e. The van der Waals surface area contributed by atoms with Crippen LogP contribution in [0.5, 0.6) is 0 Å². The highest BCUT2D eigenvalue weighted by atomic mass is 15.3. The van der Waals surface area contributed by atoms with E-state index < -0.39 is 0 Å². The van der Waals surface area contributed by atoms with Crippen molar-refractivity contribution in [3.63, 3.8) is 0 Å². The molecule has 0 saturated carbocycles. The van der Waals surface area contributed by atoms with E-state index >= 15 is 0 Å². The van der Waals surface area contributed by atoms with Crippen LogP contribution in [0.3, 0.4) is 0 Å². The minimum Gasteiger partial charge on any atom is -0.269 e. The Bertz CT molecular complexity index is 213. The number of hydrogen-bond donors (Lipinski definition) is 0. The second kappa shape index (κ2) is 3.56. The molecule has 0 aliphatic heterocycles. The van der Waals surface area contributed by atoms with E-state index in [1.54, 1.807) is 0 Å². The normalized spacial score (nSPS) is 10.9. The van der Waals surface area contributed by atoms with Gasteiger partial charge in [0.2, 0.25) is 0 Å². The summed E-state index contributed by atoms with van der Waals surface area (Å²) in [6.07, 6.45) is 2.95. The van der Waals surface area contributed by atoms with Gasteiger partial charge in [-0.3, -0.25) is 4.68 Å². The highest BCUT2D eigenvalue weighted by Gasteiger charge is 2.00. The Morgan fingerprint density at radius 1 is 1.55 bits per heavy atom. The van der Waals surface area contributed by atoms with Crippen LogP contribution in [0.1, 0.15) is 26.5 Å². The molecule has 11 heavy (non-hydrogen) atoms. The molecule has 0 amide bonds. The maximum absolute atomic E-state index is 4.24. The van der Waals surface area contributed by atoms with Gasteiger partial charge in [-0.1, -0.05) is 20.8 Å². The molecule has 0 spiro atoms. The molecule has 1 heterocycles. The van der Waals surface area contributed by atoms with E-state index in [2.05, 4.69) is 36.6 Å². The Kier molecular flexibility index (Phi) is 2.69. The molecule has 1 aromatic heterocycles. The summed E-state index contributed by atoms with van der Waals surface area (Å²) in [5, 5.41) is 4.24. The summed E-state index contributed by atoms with van der Waals surface area (Å²) < 4.78 is 2.09. The Morgan fingerprint density at radius 3 is 2.82 bits per heavy atom. The second-order valence-electron chi connectivity index (χ2n) is 3.25. The zero-order valence-electron chi connectivity index (χ0n) is 7.54. The number of aryl methyl sites for hydroxylation is 1. The third-order valence-corrected chi connectivity index (χ3v) is 1.70. The van der Waals surface area contributed by atoms with Gasteiger partial charge in [-0.15, -0.1) is 0 Å². The maximum atomic E-state index is 4.24. The number of rotatable bonds is 3. The Morgan fingerprint density at radius 2 is 2.27 bits per heavy atom. The van der Waals surface area contributed by atoms with Gasteiger partial charge in [-0.2, -0.15) is 5.10 Å². The molecule has 2 heteroatoms. The molecular weight excluding hydrogens is 136 g/mol. The van der Waals surface area contributed by atoms with Gasteiger partial charge in [0, 0.05) is 18.4 Å². The molecule has 0 unspecified atom stereocenters. The average molecular weight is 152 g/mol. The lowest BCUT2D eigenvalue weighted by Crippen LogP contribution is -2.08. The van der Waals surface area contributed by atoms with E-state index in [1.807, 2.05) is 6.20 Å². The average Bonchev–Trinajstić information content (AvgIpc) is 2.34. The van der Waals surface area contributed by atoms with Crippen LogP contribution in [-0.2, 0) is 13.0 Å². The Hall–Kier alpha value is -0.790. The number of aromatic nitrogens is 2. The molecule has 0 atom stereocenters. The molecule has 1 aromatic rings. The van der Waals surface area contributed by atoms with Crippen LogP contribution in [0.2, 0.25) is 0 Å². The van der Waals surface area contributed by atoms with Gasteiger partial charge in [-0.05, 0) is 18.4 Å². The zero-order chi connectivity index (χ0) is 8.27. The molecule has 0 saturated heterocycles. The van der Waals surface area contributed by atoms with E-state index in [-0.39, 0.29) is 0 Å². The summed E-state index contributed by atoms with van der Waals surface area (Å²) in [5.41, 5.74) is 1.33. The zero-order valence-corrected chi connectivity index (χ0v) is 7.54. The van der Waals surface area contributed by atoms with Crippen molar-refractivity contribution in [3.8, 4) is 0 Å². The summed E-state index contributed by atoms with van der Waals surface area (Å²) in [6.45, 7) is 7.62. The van der Waals surface area contributed by atoms with Crippen molar-refractivity contribution in [3.05, 3.63) is 18.0 Å². The summed E-state index contributed by atoms with van der Waals surface area (Å²) in [6, 6.07) is 2.09. The first-order chi connectivity index (χ1) is 5.24. The largest absolute Gasteiger partial charge is 0.269 e. The molecule has 0 aliphatic carbocycles. The SMILES string of the molecule is CCc1ccnn1CC(C)C. The molecule has 0 fully saturated rings. The summed E-state index contributed by atoms with van der Waals surface area (Å²) >= 11 is 0. The van der Waals surface area contributed by atoms with Crippen molar-refractivity contribution in [1.29, 1.82) is 0 Å². The van der Waals surface area contributed by atoms with E-state index in [1.165, 1.54) is 5.69 Å². The standard InChI is InChI=1S/C9H16N2/c1-4-9-5-6-10-11(9)7-8(2)3/h5-6,8H,4,7H2,1-3H3. The molecular formula is C9H16N2. The van der Waals surface area contributed by atoms with Crippen molar-refractivity contribution in [1.82, 2.24) is 9.78 Å². The monoisotopic (exact) mass is 152 g/mol. The van der Waals surface area contributed by atoms with E-state index in [0.717, 1.165) is 13.0 Å². The smallest absolute Gasteiger partial charge is 0.0492 e. The van der Waals surface area contributed by atoms with Gasteiger partial charge in [-0.25, -0.2) is 0 Å². The third-order valence-electron chi connectivity index (χ3n) is 1.70. The van der Waals surface area contributed by atoms with E-state index in [4.69, 9.17) is 0 Å². The fourth-order valence-corrected chi connectivity index (χ4v) is 1.17. The Labute approximate surface area is 68.2 Å². The molecule has 0 aliphatic rings. The predicted molar refractivity (Wildman–Crippen MR) is 46.4 cm³/mol. The fraction of sp³-hybridized carbons (Fsp3) is 0.667. The molecule has 0 N–H and O–H groups in total. The lowest BCUT2D eigenvalue weighted by atomic mass is 10.2. The van der Waals surface area contributed by atoms with Crippen LogP contribution in [0, 0.1) is 5.92 Å². The third kappa shape index (κ3) is 2.07. The molecule has 2 nitrogen and oxygen atoms in total. The minimum absolute atomic E-state index is 0.681. The summed E-state index contributed by atoms with van der Waals surface area (Å²) in [7, 11) is 0. The Balaban J connectivity index is 2.68. The first kappa shape index (κ1) is 8.31. The van der Waals surface area contributed by atoms with Crippen molar-refractivity contribution in [2.24, 2.45) is 5.92 Å². The predicted octanol–water partition coefficient (Wildman–Crippen LogP) is 2.10. The van der Waals surface area contributed by atoms with Crippen LogP contribution in [0.15, 0.2) is 12.3 Å². The van der Waals surface area contributed by atoms with Crippen molar-refractivity contribution < 1.29 is 0 Å². The van der Waals surface area contributed by atoms with Crippen LogP contribution < -0.4 is 0 Å². The molecule has 1 rings (SSSR count). The van der Waals surface area contributed by atoms with Crippen molar-refractivity contribution in [2.75, 3.05) is 0 Å². The molecule has 0 aromatic carbocycles. The number of nitrogens with zero attached hydrogens (tertiary/aromatic N) is 2. The van der Waals surface area contributed by atoms with Gasteiger partial charge in [0.1, 0.15) is 0 Å². The van der Waals surface area contributed by atoms with Crippen LogP contribution in [-0.4, -0.2) is 9.78 Å². The van der Waals surface area contributed by atoms with Crippen molar-refractivity contribution >= 4 is 0 Å². The second-order valence-corrected chi connectivity index (χ2v) is 3.25. The summed E-state index contributed by atoms with van der Waals surface area (Å²) in [5.74, 6) is 0.681. The van der Waals surface area contributed by atoms with Gasteiger partial charge in [0.15, 0.2) is 0 Å². The van der Waals surface area contributed by atoms with Crippen LogP contribution in [0.25, 0.3) is 0 Å². The first-order valence-electron chi connectivity index (χ1n) is 4.24. The lowest BCUT2D eigenvalue weighted by Gasteiger charge is -2.07. The molecule has 0 radical (unpaired) electrons. The van der Waals surface area contributed by atoms with Crippen LogP contribution in [0.4, 0.5) is 0 Å². The topological polar surface area (TPSA) is 17.8 Å². The van der Waals surface area contributed by atoms with Gasteiger partial charge >= 0.3 is 0 Å². The van der Waals surface area contributed by atoms with E-state index in [0.29, 0.717) is 5.92 Å². The first-order valence-corrected chi connectivity index (χ1v) is 4.24. The molecule has 0 bridgehead atoms. The quantitative estimate of drug-likeness (QED) is 0.648. The highest BCUT2D eigenvalue weighted by molar-refractivity contribution is 4.99. The number of hydrogen-bond acceptors (Lipinski definition) is 1. The highest BCUT2D eigenvalue weighted by Crippen LogP contribution is 2.03. The molecule has 62 valence electrons. The van der Waals surface area contributed by atoms with Gasteiger partial charge < -0.3 is 0 Å². The summed E-state index contributed by atoms with van der Waals surface area (Å²) in [4.78, 5) is 0. The van der Waals surface area contributed by atoms with Crippen molar-refractivity contribution in [2.45, 2.75) is 33.7 Å². The minimum atomic E-state index is 0.681. The van der Waals surface area contributed by atoms with Gasteiger partial charge in [0.05, 0.1) is 0 Å². The lowest BCUT2D eigenvalue weighted by molar-refractivity contribution is 0.470. The van der Waals surface area contributed by atoms with Crippen LogP contribution >= 0.6 is 0 Å². The van der Waals surface area contributed by atoms with Gasteiger partial charge in [0.25, 0.3) is 0 Å². The van der Waals surface area contributed by atoms with E-state index in [9.17, 15) is 0 Å².